The zero-order chi connectivity index (χ0) is 14.1. The molecule has 1 fully saturated rings. The van der Waals surface area contributed by atoms with Crippen molar-refractivity contribution in [1.82, 2.24) is 0 Å². The molecule has 0 radical (unpaired) electrons. The Hall–Kier alpha value is -0.740. The van der Waals surface area contributed by atoms with Gasteiger partial charge in [0.1, 0.15) is 0 Å². The minimum atomic E-state index is 0.581. The van der Waals surface area contributed by atoms with Crippen LogP contribution in [0.2, 0.25) is 5.02 Å². The van der Waals surface area contributed by atoms with Gasteiger partial charge in [-0.2, -0.15) is 0 Å². The summed E-state index contributed by atoms with van der Waals surface area (Å²) in [7, 11) is 0. The Labute approximate surface area is 138 Å². The van der Waals surface area contributed by atoms with Crippen molar-refractivity contribution in [2.75, 3.05) is 5.32 Å². The van der Waals surface area contributed by atoms with Gasteiger partial charge in [0.05, 0.1) is 0 Å². The van der Waals surface area contributed by atoms with E-state index in [0.717, 1.165) is 5.02 Å². The van der Waals surface area contributed by atoms with Gasteiger partial charge in [0.25, 0.3) is 0 Å². The second-order valence-corrected chi connectivity index (χ2v) is 7.13. The van der Waals surface area contributed by atoms with Crippen LogP contribution in [0.3, 0.4) is 0 Å². The SMILES string of the molecule is Cc1ccc(NC2CC(c3cccc(Cl)c3)C2)cc1I. The number of benzene rings is 2. The van der Waals surface area contributed by atoms with Gasteiger partial charge >= 0.3 is 0 Å². The lowest BCUT2D eigenvalue weighted by molar-refractivity contribution is 0.374. The molecule has 0 saturated heterocycles. The highest BCUT2D eigenvalue weighted by atomic mass is 127. The number of rotatable bonds is 3. The van der Waals surface area contributed by atoms with Crippen LogP contribution in [0.5, 0.6) is 0 Å². The molecule has 1 aliphatic carbocycles. The Morgan fingerprint density at radius 3 is 2.65 bits per heavy atom. The molecule has 3 rings (SSSR count). The maximum atomic E-state index is 6.05. The number of anilines is 1. The highest BCUT2D eigenvalue weighted by Crippen LogP contribution is 2.39. The maximum Gasteiger partial charge on any atom is 0.0408 e. The summed E-state index contributed by atoms with van der Waals surface area (Å²) in [6.45, 7) is 2.14. The Bertz CT molecular complexity index is 620. The van der Waals surface area contributed by atoms with Crippen LogP contribution in [0.15, 0.2) is 42.5 Å². The monoisotopic (exact) mass is 397 g/mol. The van der Waals surface area contributed by atoms with Gasteiger partial charge in [0.2, 0.25) is 0 Å². The number of nitrogens with one attached hydrogen (secondary N) is 1. The molecule has 104 valence electrons. The van der Waals surface area contributed by atoms with Crippen LogP contribution in [0.1, 0.15) is 29.9 Å². The van der Waals surface area contributed by atoms with E-state index in [9.17, 15) is 0 Å². The molecule has 0 heterocycles. The normalized spacial score (nSPS) is 21.4. The van der Waals surface area contributed by atoms with Gasteiger partial charge in [-0.15, -0.1) is 0 Å². The van der Waals surface area contributed by atoms with Crippen LogP contribution < -0.4 is 5.32 Å². The zero-order valence-corrected chi connectivity index (χ0v) is 14.3. The molecular weight excluding hydrogens is 381 g/mol. The predicted molar refractivity (Wildman–Crippen MR) is 94.7 cm³/mol. The van der Waals surface area contributed by atoms with E-state index in [2.05, 4.69) is 65.2 Å². The maximum absolute atomic E-state index is 6.05. The van der Waals surface area contributed by atoms with E-state index in [-0.39, 0.29) is 0 Å². The van der Waals surface area contributed by atoms with Crippen molar-refractivity contribution < 1.29 is 0 Å². The highest BCUT2D eigenvalue weighted by molar-refractivity contribution is 14.1. The summed E-state index contributed by atoms with van der Waals surface area (Å²) in [5.74, 6) is 0.649. The van der Waals surface area contributed by atoms with E-state index >= 15 is 0 Å². The van der Waals surface area contributed by atoms with Crippen LogP contribution in [0.25, 0.3) is 0 Å². The molecule has 0 amide bonds. The molecule has 1 saturated carbocycles. The molecule has 0 aromatic heterocycles. The Kier molecular flexibility index (Phi) is 4.22. The lowest BCUT2D eigenvalue weighted by Crippen LogP contribution is -2.34. The summed E-state index contributed by atoms with van der Waals surface area (Å²) in [6, 6.07) is 15.4. The largest absolute Gasteiger partial charge is 0.382 e. The van der Waals surface area contributed by atoms with Crippen LogP contribution in [-0.2, 0) is 0 Å². The van der Waals surface area contributed by atoms with E-state index < -0.39 is 0 Å². The van der Waals surface area contributed by atoms with Gasteiger partial charge in [-0.1, -0.05) is 29.8 Å². The summed E-state index contributed by atoms with van der Waals surface area (Å²) in [6.07, 6.45) is 2.37. The molecule has 20 heavy (non-hydrogen) atoms. The summed E-state index contributed by atoms with van der Waals surface area (Å²) in [5.41, 5.74) is 3.94. The third kappa shape index (κ3) is 3.12. The van der Waals surface area contributed by atoms with Crippen LogP contribution in [0.4, 0.5) is 5.69 Å². The molecule has 0 atom stereocenters. The first-order valence-electron chi connectivity index (χ1n) is 6.90. The molecule has 0 bridgehead atoms. The summed E-state index contributed by atoms with van der Waals surface area (Å²) in [4.78, 5) is 0. The average Bonchev–Trinajstić information content (AvgIpc) is 2.37. The molecule has 0 spiro atoms. The average molecular weight is 398 g/mol. The van der Waals surface area contributed by atoms with Gasteiger partial charge in [-0.05, 0) is 83.7 Å². The topological polar surface area (TPSA) is 12.0 Å². The molecule has 1 nitrogen and oxygen atoms in total. The van der Waals surface area contributed by atoms with Gasteiger partial charge < -0.3 is 5.32 Å². The van der Waals surface area contributed by atoms with E-state index in [1.165, 1.54) is 33.2 Å². The standard InChI is InChI=1S/C17H17ClIN/c1-11-5-6-15(10-17(11)19)20-16-8-13(9-16)12-3-2-4-14(18)7-12/h2-7,10,13,16,20H,8-9H2,1H3. The van der Waals surface area contributed by atoms with Gasteiger partial charge in [-0.25, -0.2) is 0 Å². The minimum absolute atomic E-state index is 0.581. The molecule has 2 aromatic carbocycles. The number of hydrogen-bond donors (Lipinski definition) is 1. The van der Waals surface area contributed by atoms with Crippen molar-refractivity contribution >= 4 is 39.9 Å². The molecule has 0 aliphatic heterocycles. The molecule has 2 aromatic rings. The minimum Gasteiger partial charge on any atom is -0.382 e. The van der Waals surface area contributed by atoms with Gasteiger partial charge in [-0.3, -0.25) is 0 Å². The molecule has 1 aliphatic rings. The summed E-state index contributed by atoms with van der Waals surface area (Å²) in [5, 5.41) is 4.46. The second-order valence-electron chi connectivity index (χ2n) is 5.53. The van der Waals surface area contributed by atoms with Crippen molar-refractivity contribution in [3.8, 4) is 0 Å². The fraction of sp³-hybridized carbons (Fsp3) is 0.294. The first-order chi connectivity index (χ1) is 9.61. The fourth-order valence-corrected chi connectivity index (χ4v) is 3.40. The van der Waals surface area contributed by atoms with Crippen molar-refractivity contribution in [2.45, 2.75) is 31.7 Å². The summed E-state index contributed by atoms with van der Waals surface area (Å²) < 4.78 is 1.32. The van der Waals surface area contributed by atoms with Crippen LogP contribution in [0, 0.1) is 10.5 Å². The van der Waals surface area contributed by atoms with E-state index in [0.29, 0.717) is 12.0 Å². The predicted octanol–water partition coefficient (Wildman–Crippen LogP) is 5.61. The molecular formula is C17H17ClIN. The Balaban J connectivity index is 1.59. The molecule has 0 unspecified atom stereocenters. The fourth-order valence-electron chi connectivity index (χ4n) is 2.69. The molecule has 1 N–H and O–H groups in total. The Morgan fingerprint density at radius 1 is 1.15 bits per heavy atom. The lowest BCUT2D eigenvalue weighted by atomic mass is 9.76. The number of aryl methyl sites for hydroxylation is 1. The number of hydrogen-bond acceptors (Lipinski definition) is 1. The van der Waals surface area contributed by atoms with Crippen molar-refractivity contribution in [2.24, 2.45) is 0 Å². The van der Waals surface area contributed by atoms with Crippen molar-refractivity contribution in [3.05, 3.63) is 62.2 Å². The van der Waals surface area contributed by atoms with E-state index in [4.69, 9.17) is 11.6 Å². The number of halogens is 2. The van der Waals surface area contributed by atoms with Crippen LogP contribution >= 0.6 is 34.2 Å². The van der Waals surface area contributed by atoms with Crippen molar-refractivity contribution in [1.29, 1.82) is 0 Å². The van der Waals surface area contributed by atoms with E-state index in [1.54, 1.807) is 0 Å². The van der Waals surface area contributed by atoms with Crippen LogP contribution in [-0.4, -0.2) is 6.04 Å². The highest BCUT2D eigenvalue weighted by Gasteiger charge is 2.30. The zero-order valence-electron chi connectivity index (χ0n) is 11.4. The third-order valence-corrected chi connectivity index (χ3v) is 5.40. The van der Waals surface area contributed by atoms with E-state index in [1.807, 2.05) is 12.1 Å². The quantitative estimate of drug-likeness (QED) is 0.664. The van der Waals surface area contributed by atoms with Gasteiger partial charge in [0.15, 0.2) is 0 Å². The molecule has 3 heteroatoms. The smallest absolute Gasteiger partial charge is 0.0408 e. The first-order valence-corrected chi connectivity index (χ1v) is 8.35. The third-order valence-electron chi connectivity index (χ3n) is 4.00. The van der Waals surface area contributed by atoms with Gasteiger partial charge in [0, 0.05) is 20.3 Å². The van der Waals surface area contributed by atoms with Crippen molar-refractivity contribution in [3.63, 3.8) is 0 Å². The lowest BCUT2D eigenvalue weighted by Gasteiger charge is -2.37. The first kappa shape index (κ1) is 14.2. The summed E-state index contributed by atoms with van der Waals surface area (Å²) >= 11 is 8.44. The second kappa shape index (κ2) is 5.94. The Morgan fingerprint density at radius 2 is 1.95 bits per heavy atom.